The van der Waals surface area contributed by atoms with Crippen molar-refractivity contribution in [2.45, 2.75) is 13.0 Å². The van der Waals surface area contributed by atoms with E-state index in [1.807, 2.05) is 35.7 Å². The minimum absolute atomic E-state index is 0.302. The lowest BCUT2D eigenvalue weighted by Crippen LogP contribution is -2.22. The van der Waals surface area contributed by atoms with Crippen molar-refractivity contribution in [3.05, 3.63) is 45.1 Å². The SMILES string of the molecule is CCOC(=O)C(Nc1cccc(OC)c1)c1sccc1Br. The van der Waals surface area contributed by atoms with Crippen LogP contribution in [0.25, 0.3) is 0 Å². The van der Waals surface area contributed by atoms with Gasteiger partial charge in [-0.1, -0.05) is 6.07 Å². The van der Waals surface area contributed by atoms with E-state index in [-0.39, 0.29) is 5.97 Å². The predicted molar refractivity (Wildman–Crippen MR) is 88.0 cm³/mol. The van der Waals surface area contributed by atoms with Gasteiger partial charge in [-0.25, -0.2) is 4.79 Å². The molecule has 2 aromatic rings. The smallest absolute Gasteiger partial charge is 0.334 e. The molecule has 112 valence electrons. The van der Waals surface area contributed by atoms with E-state index >= 15 is 0 Å². The van der Waals surface area contributed by atoms with Crippen LogP contribution in [-0.2, 0) is 9.53 Å². The van der Waals surface area contributed by atoms with E-state index in [0.29, 0.717) is 6.61 Å². The molecule has 0 bridgehead atoms. The zero-order chi connectivity index (χ0) is 15.2. The van der Waals surface area contributed by atoms with Crippen molar-refractivity contribution in [1.29, 1.82) is 0 Å². The number of carbonyl (C=O) groups excluding carboxylic acids is 1. The lowest BCUT2D eigenvalue weighted by atomic mass is 10.2. The Kier molecular flexibility index (Phi) is 5.64. The first-order chi connectivity index (χ1) is 10.2. The van der Waals surface area contributed by atoms with Crippen LogP contribution < -0.4 is 10.1 Å². The maximum absolute atomic E-state index is 12.2. The fourth-order valence-corrected chi connectivity index (χ4v) is 3.49. The number of rotatable bonds is 6. The molecule has 0 saturated carbocycles. The Balaban J connectivity index is 2.27. The first-order valence-corrected chi connectivity index (χ1v) is 8.13. The quantitative estimate of drug-likeness (QED) is 0.773. The molecule has 1 N–H and O–H groups in total. The average molecular weight is 370 g/mol. The van der Waals surface area contributed by atoms with E-state index in [9.17, 15) is 4.79 Å². The number of hydrogen-bond donors (Lipinski definition) is 1. The van der Waals surface area contributed by atoms with Crippen LogP contribution >= 0.6 is 27.3 Å². The summed E-state index contributed by atoms with van der Waals surface area (Å²) < 4.78 is 11.3. The fraction of sp³-hybridized carbons (Fsp3) is 0.267. The molecule has 1 atom stereocenters. The van der Waals surface area contributed by atoms with Crippen molar-refractivity contribution in [2.24, 2.45) is 0 Å². The molecule has 0 aliphatic rings. The third kappa shape index (κ3) is 3.98. The molecule has 0 amide bonds. The summed E-state index contributed by atoms with van der Waals surface area (Å²) in [5.41, 5.74) is 0.799. The van der Waals surface area contributed by atoms with Crippen molar-refractivity contribution in [3.8, 4) is 5.75 Å². The van der Waals surface area contributed by atoms with E-state index < -0.39 is 6.04 Å². The second-order valence-electron chi connectivity index (χ2n) is 4.19. The van der Waals surface area contributed by atoms with Crippen molar-refractivity contribution in [2.75, 3.05) is 19.0 Å². The molecule has 2 rings (SSSR count). The average Bonchev–Trinajstić information content (AvgIpc) is 2.91. The largest absolute Gasteiger partial charge is 0.497 e. The van der Waals surface area contributed by atoms with Crippen molar-refractivity contribution in [3.63, 3.8) is 0 Å². The minimum Gasteiger partial charge on any atom is -0.497 e. The zero-order valence-corrected chi connectivity index (χ0v) is 14.2. The maximum atomic E-state index is 12.2. The van der Waals surface area contributed by atoms with Gasteiger partial charge < -0.3 is 14.8 Å². The second kappa shape index (κ2) is 7.47. The van der Waals surface area contributed by atoms with Crippen molar-refractivity contribution < 1.29 is 14.3 Å². The van der Waals surface area contributed by atoms with Crippen LogP contribution in [0.3, 0.4) is 0 Å². The van der Waals surface area contributed by atoms with Crippen LogP contribution in [0.15, 0.2) is 40.2 Å². The highest BCUT2D eigenvalue weighted by molar-refractivity contribution is 9.10. The van der Waals surface area contributed by atoms with Gasteiger partial charge in [0.15, 0.2) is 6.04 Å². The molecule has 6 heteroatoms. The van der Waals surface area contributed by atoms with Gasteiger partial charge in [0, 0.05) is 16.2 Å². The van der Waals surface area contributed by atoms with Gasteiger partial charge in [-0.3, -0.25) is 0 Å². The van der Waals surface area contributed by atoms with E-state index in [2.05, 4.69) is 21.2 Å². The molecule has 0 fully saturated rings. The van der Waals surface area contributed by atoms with E-state index in [1.165, 1.54) is 11.3 Å². The Morgan fingerprint density at radius 3 is 2.86 bits per heavy atom. The number of anilines is 1. The standard InChI is InChI=1S/C15H16BrNO3S/c1-3-20-15(18)13(14-12(16)7-8-21-14)17-10-5-4-6-11(9-10)19-2/h4-9,13,17H,3H2,1-2H3. The molecule has 1 heterocycles. The van der Waals surface area contributed by atoms with Crippen molar-refractivity contribution >= 4 is 38.9 Å². The minimum atomic E-state index is -0.550. The summed E-state index contributed by atoms with van der Waals surface area (Å²) >= 11 is 4.97. The Labute approximate surface area is 136 Å². The first kappa shape index (κ1) is 15.9. The Morgan fingerprint density at radius 1 is 1.43 bits per heavy atom. The van der Waals surface area contributed by atoms with Crippen LogP contribution in [0.1, 0.15) is 17.8 Å². The van der Waals surface area contributed by atoms with Crippen molar-refractivity contribution in [1.82, 2.24) is 0 Å². The normalized spacial score (nSPS) is 11.8. The van der Waals surface area contributed by atoms with Gasteiger partial charge in [0.2, 0.25) is 0 Å². The molecule has 0 radical (unpaired) electrons. The fourth-order valence-electron chi connectivity index (χ4n) is 1.85. The summed E-state index contributed by atoms with van der Waals surface area (Å²) in [4.78, 5) is 13.1. The number of hydrogen-bond acceptors (Lipinski definition) is 5. The second-order valence-corrected chi connectivity index (χ2v) is 6.00. The molecule has 1 unspecified atom stereocenters. The van der Waals surface area contributed by atoms with Crippen LogP contribution in [-0.4, -0.2) is 19.7 Å². The molecular weight excluding hydrogens is 354 g/mol. The van der Waals surface area contributed by atoms with Gasteiger partial charge in [0.1, 0.15) is 5.75 Å². The number of thiophene rings is 1. The van der Waals surface area contributed by atoms with Gasteiger partial charge in [-0.15, -0.1) is 11.3 Å². The van der Waals surface area contributed by atoms with Crippen LogP contribution in [0, 0.1) is 0 Å². The molecule has 0 saturated heterocycles. The molecular formula is C15H16BrNO3S. The summed E-state index contributed by atoms with van der Waals surface area (Å²) in [6, 6.07) is 8.81. The summed E-state index contributed by atoms with van der Waals surface area (Å²) in [7, 11) is 1.61. The van der Waals surface area contributed by atoms with Crippen LogP contribution in [0.5, 0.6) is 5.75 Å². The van der Waals surface area contributed by atoms with Crippen LogP contribution in [0.2, 0.25) is 0 Å². The van der Waals surface area contributed by atoms with E-state index in [0.717, 1.165) is 20.8 Å². The van der Waals surface area contributed by atoms with E-state index in [1.54, 1.807) is 14.0 Å². The monoisotopic (exact) mass is 369 g/mol. The van der Waals surface area contributed by atoms with Gasteiger partial charge in [-0.05, 0) is 46.4 Å². The molecule has 1 aromatic heterocycles. The summed E-state index contributed by atoms with van der Waals surface area (Å²) in [5, 5.41) is 5.14. The molecule has 21 heavy (non-hydrogen) atoms. The number of methoxy groups -OCH3 is 1. The highest BCUT2D eigenvalue weighted by Crippen LogP contribution is 2.32. The van der Waals surface area contributed by atoms with Gasteiger partial charge in [0.25, 0.3) is 0 Å². The maximum Gasteiger partial charge on any atom is 0.334 e. The van der Waals surface area contributed by atoms with Gasteiger partial charge in [-0.2, -0.15) is 0 Å². The number of benzene rings is 1. The number of halogens is 1. The Morgan fingerprint density at radius 2 is 2.24 bits per heavy atom. The predicted octanol–water partition coefficient (Wildman–Crippen LogP) is 4.24. The number of esters is 1. The Hall–Kier alpha value is -1.53. The Bertz CT molecular complexity index is 614. The first-order valence-electron chi connectivity index (χ1n) is 6.45. The molecule has 1 aromatic carbocycles. The topological polar surface area (TPSA) is 47.6 Å². The lowest BCUT2D eigenvalue weighted by Gasteiger charge is -2.18. The number of carbonyl (C=O) groups is 1. The molecule has 0 aliphatic heterocycles. The highest BCUT2D eigenvalue weighted by atomic mass is 79.9. The molecule has 4 nitrogen and oxygen atoms in total. The third-order valence-corrected chi connectivity index (χ3v) is 4.75. The molecule has 0 aliphatic carbocycles. The summed E-state index contributed by atoms with van der Waals surface area (Å²) in [5.74, 6) is 0.427. The third-order valence-electron chi connectivity index (χ3n) is 2.81. The zero-order valence-electron chi connectivity index (χ0n) is 11.8. The van der Waals surface area contributed by atoms with Gasteiger partial charge >= 0.3 is 5.97 Å². The van der Waals surface area contributed by atoms with E-state index in [4.69, 9.17) is 9.47 Å². The van der Waals surface area contributed by atoms with Crippen LogP contribution in [0.4, 0.5) is 5.69 Å². The highest BCUT2D eigenvalue weighted by Gasteiger charge is 2.25. The molecule has 0 spiro atoms. The summed E-state index contributed by atoms with van der Waals surface area (Å²) in [6.07, 6.45) is 0. The number of nitrogens with one attached hydrogen (secondary N) is 1. The summed E-state index contributed by atoms with van der Waals surface area (Å²) in [6.45, 7) is 2.14. The van der Waals surface area contributed by atoms with Gasteiger partial charge in [0.05, 0.1) is 18.6 Å². The lowest BCUT2D eigenvalue weighted by molar-refractivity contribution is -0.144. The number of ether oxygens (including phenoxy) is 2.